The highest BCUT2D eigenvalue weighted by atomic mass is 35.5. The van der Waals surface area contributed by atoms with Crippen LogP contribution in [0.15, 0.2) is 38.8 Å². The van der Waals surface area contributed by atoms with Crippen molar-refractivity contribution in [2.24, 2.45) is 0 Å². The van der Waals surface area contributed by atoms with Gasteiger partial charge < -0.3 is 10.0 Å². The first-order valence-corrected chi connectivity index (χ1v) is 11.6. The standard InChI is InChI=1S/C18H11ClF4N2O2S.C4H11NO/c19-11-6-8(2-3-12(11)20)13-10(18(21,22)23)7-9-14-15(13)28-5-1-4-25(14)17(27)24-16(9)26;1-5(2)3-4-6/h2-3,6-7H,1,4-5H2,(H,24,26,27);6H,3-4H2,1-2H3. The summed E-state index contributed by atoms with van der Waals surface area (Å²) in [6, 6.07) is 4.05. The molecule has 2 aromatic carbocycles. The Kier molecular flexibility index (Phi) is 8.12. The third-order valence-corrected chi connectivity index (χ3v) is 6.54. The molecule has 0 saturated carbocycles. The second kappa shape index (κ2) is 10.5. The molecule has 4 rings (SSSR count). The molecule has 34 heavy (non-hydrogen) atoms. The van der Waals surface area contributed by atoms with Gasteiger partial charge in [0.25, 0.3) is 5.56 Å². The number of hydrogen-bond acceptors (Lipinski definition) is 5. The summed E-state index contributed by atoms with van der Waals surface area (Å²) in [6.07, 6.45) is -4.24. The van der Waals surface area contributed by atoms with Gasteiger partial charge in [0.2, 0.25) is 0 Å². The summed E-state index contributed by atoms with van der Waals surface area (Å²) in [6.45, 7) is 1.29. The van der Waals surface area contributed by atoms with Crippen LogP contribution < -0.4 is 11.2 Å². The molecule has 0 unspecified atom stereocenters. The van der Waals surface area contributed by atoms with Crippen molar-refractivity contribution in [3.63, 3.8) is 0 Å². The van der Waals surface area contributed by atoms with E-state index in [1.807, 2.05) is 19.0 Å². The number of aliphatic hydroxyl groups excluding tert-OH is 1. The van der Waals surface area contributed by atoms with Crippen LogP contribution >= 0.6 is 23.4 Å². The lowest BCUT2D eigenvalue weighted by atomic mass is 9.96. The van der Waals surface area contributed by atoms with E-state index in [1.165, 1.54) is 10.6 Å². The molecule has 12 heteroatoms. The van der Waals surface area contributed by atoms with E-state index in [2.05, 4.69) is 4.98 Å². The number of nitrogens with zero attached hydrogens (tertiary/aromatic N) is 2. The lowest BCUT2D eigenvalue weighted by molar-refractivity contribution is -0.137. The number of nitrogens with one attached hydrogen (secondary N) is 1. The van der Waals surface area contributed by atoms with Crippen molar-refractivity contribution in [1.82, 2.24) is 14.5 Å². The predicted octanol–water partition coefficient (Wildman–Crippen LogP) is 4.20. The topological polar surface area (TPSA) is 78.3 Å². The van der Waals surface area contributed by atoms with Crippen molar-refractivity contribution in [2.75, 3.05) is 33.0 Å². The lowest BCUT2D eigenvalue weighted by Gasteiger charge is -2.20. The van der Waals surface area contributed by atoms with Gasteiger partial charge in [0.1, 0.15) is 5.82 Å². The van der Waals surface area contributed by atoms with Crippen molar-refractivity contribution >= 4 is 34.3 Å². The molecule has 0 saturated heterocycles. The maximum absolute atomic E-state index is 13.9. The zero-order chi connectivity index (χ0) is 25.2. The molecule has 0 fully saturated rings. The molecule has 3 aromatic rings. The highest BCUT2D eigenvalue weighted by Gasteiger charge is 2.37. The summed E-state index contributed by atoms with van der Waals surface area (Å²) in [7, 11) is 3.85. The van der Waals surface area contributed by atoms with Gasteiger partial charge in [0, 0.05) is 23.5 Å². The number of aromatic amines is 1. The number of halogens is 5. The second-order valence-corrected chi connectivity index (χ2v) is 9.30. The Morgan fingerprint density at radius 3 is 2.50 bits per heavy atom. The monoisotopic (exact) mass is 519 g/mol. The first kappa shape index (κ1) is 26.3. The Bertz CT molecular complexity index is 1320. The van der Waals surface area contributed by atoms with Crippen LogP contribution in [0.25, 0.3) is 22.0 Å². The fraction of sp³-hybridized carbons (Fsp3) is 0.364. The highest BCUT2D eigenvalue weighted by Crippen LogP contribution is 2.46. The number of hydrogen-bond donors (Lipinski definition) is 2. The number of benzene rings is 2. The Hall–Kier alpha value is -2.34. The predicted molar refractivity (Wildman–Crippen MR) is 125 cm³/mol. The maximum atomic E-state index is 13.9. The normalized spacial score (nSPS) is 13.6. The molecule has 0 radical (unpaired) electrons. The second-order valence-electron chi connectivity index (χ2n) is 7.79. The minimum atomic E-state index is -4.78. The number of thioether (sulfide) groups is 1. The number of aromatic nitrogens is 2. The number of likely N-dealkylation sites (N-methyl/N-ethyl adjacent to an activating group) is 1. The van der Waals surface area contributed by atoms with Gasteiger partial charge in [-0.15, -0.1) is 11.8 Å². The number of H-pyrrole nitrogens is 1. The van der Waals surface area contributed by atoms with E-state index in [-0.39, 0.29) is 45.1 Å². The van der Waals surface area contributed by atoms with E-state index in [0.29, 0.717) is 12.2 Å². The Balaban J connectivity index is 0.000000481. The summed E-state index contributed by atoms with van der Waals surface area (Å²) in [5, 5.41) is 7.66. The number of aliphatic hydroxyl groups is 1. The van der Waals surface area contributed by atoms with Crippen LogP contribution in [-0.2, 0) is 12.7 Å². The van der Waals surface area contributed by atoms with E-state index >= 15 is 0 Å². The minimum absolute atomic E-state index is 0.0595. The molecule has 1 aromatic heterocycles. The minimum Gasteiger partial charge on any atom is -0.395 e. The van der Waals surface area contributed by atoms with Gasteiger partial charge in [0.05, 0.1) is 28.1 Å². The number of alkyl halides is 3. The first-order valence-electron chi connectivity index (χ1n) is 10.2. The van der Waals surface area contributed by atoms with Crippen LogP contribution in [0.3, 0.4) is 0 Å². The van der Waals surface area contributed by atoms with Gasteiger partial charge in [-0.3, -0.25) is 14.3 Å². The van der Waals surface area contributed by atoms with E-state index in [4.69, 9.17) is 16.7 Å². The molecular formula is C22H22ClF4N3O3S. The van der Waals surface area contributed by atoms with E-state index in [0.717, 1.165) is 36.5 Å². The fourth-order valence-electron chi connectivity index (χ4n) is 3.54. The quantitative estimate of drug-likeness (QED) is 0.507. The van der Waals surface area contributed by atoms with Crippen LogP contribution in [-0.4, -0.2) is 52.6 Å². The summed E-state index contributed by atoms with van der Waals surface area (Å²) in [5.74, 6) is -0.306. The highest BCUT2D eigenvalue weighted by molar-refractivity contribution is 7.99. The average Bonchev–Trinajstić information content (AvgIpc) is 2.97. The van der Waals surface area contributed by atoms with Gasteiger partial charge in [0.15, 0.2) is 0 Å². The Morgan fingerprint density at radius 2 is 1.94 bits per heavy atom. The van der Waals surface area contributed by atoms with Crippen LogP contribution in [0.2, 0.25) is 5.02 Å². The van der Waals surface area contributed by atoms with Gasteiger partial charge in [-0.25, -0.2) is 9.18 Å². The molecular weight excluding hydrogens is 498 g/mol. The number of aryl methyl sites for hydroxylation is 1. The zero-order valence-corrected chi connectivity index (χ0v) is 19.9. The molecule has 1 aliphatic rings. The zero-order valence-electron chi connectivity index (χ0n) is 18.3. The van der Waals surface area contributed by atoms with Crippen molar-refractivity contribution in [3.8, 4) is 11.1 Å². The molecule has 2 N–H and O–H groups in total. The molecule has 0 spiro atoms. The van der Waals surface area contributed by atoms with Crippen molar-refractivity contribution in [2.45, 2.75) is 24.0 Å². The summed E-state index contributed by atoms with van der Waals surface area (Å²) >= 11 is 6.93. The largest absolute Gasteiger partial charge is 0.417 e. The molecule has 0 bridgehead atoms. The van der Waals surface area contributed by atoms with Crippen molar-refractivity contribution in [1.29, 1.82) is 0 Å². The van der Waals surface area contributed by atoms with Crippen LogP contribution in [0, 0.1) is 5.82 Å². The van der Waals surface area contributed by atoms with Gasteiger partial charge >= 0.3 is 11.9 Å². The Morgan fingerprint density at radius 1 is 1.24 bits per heavy atom. The van der Waals surface area contributed by atoms with E-state index < -0.39 is 28.8 Å². The van der Waals surface area contributed by atoms with Gasteiger partial charge in [-0.05, 0) is 50.0 Å². The molecule has 0 amide bonds. The summed E-state index contributed by atoms with van der Waals surface area (Å²) < 4.78 is 56.5. The van der Waals surface area contributed by atoms with Crippen LogP contribution in [0.4, 0.5) is 17.6 Å². The molecule has 0 atom stereocenters. The molecule has 0 aliphatic carbocycles. The van der Waals surface area contributed by atoms with Crippen molar-refractivity contribution < 1.29 is 22.7 Å². The van der Waals surface area contributed by atoms with Crippen molar-refractivity contribution in [3.05, 3.63) is 61.5 Å². The molecule has 6 nitrogen and oxygen atoms in total. The van der Waals surface area contributed by atoms with Crippen LogP contribution in [0.1, 0.15) is 12.0 Å². The third-order valence-electron chi connectivity index (χ3n) is 5.07. The molecule has 184 valence electrons. The summed E-state index contributed by atoms with van der Waals surface area (Å²) in [4.78, 5) is 28.7. The van der Waals surface area contributed by atoms with E-state index in [1.54, 1.807) is 0 Å². The van der Waals surface area contributed by atoms with Crippen LogP contribution in [0.5, 0.6) is 0 Å². The van der Waals surface area contributed by atoms with Gasteiger partial charge in [-0.2, -0.15) is 13.2 Å². The van der Waals surface area contributed by atoms with Gasteiger partial charge in [-0.1, -0.05) is 17.7 Å². The smallest absolute Gasteiger partial charge is 0.395 e. The van der Waals surface area contributed by atoms with E-state index in [9.17, 15) is 27.2 Å². The molecule has 1 aliphatic heterocycles. The third kappa shape index (κ3) is 5.48. The summed E-state index contributed by atoms with van der Waals surface area (Å²) in [5.41, 5.74) is -2.60. The Labute approximate surface area is 201 Å². The average molecular weight is 520 g/mol. The fourth-order valence-corrected chi connectivity index (χ4v) is 4.92. The lowest BCUT2D eigenvalue weighted by Crippen LogP contribution is -2.30. The molecule has 2 heterocycles. The number of rotatable bonds is 3. The first-order chi connectivity index (χ1) is 16.0. The maximum Gasteiger partial charge on any atom is 0.417 e. The SMILES string of the molecule is CN(C)CCO.O=c1[nH]c(=O)n2c3c(c(-c4ccc(F)c(Cl)c4)c(C(F)(F)F)cc13)SCCC2.